The van der Waals surface area contributed by atoms with Gasteiger partial charge in [0.2, 0.25) is 5.91 Å². The van der Waals surface area contributed by atoms with Crippen molar-refractivity contribution in [3.63, 3.8) is 0 Å². The maximum Gasteiger partial charge on any atom is 0.239 e. The van der Waals surface area contributed by atoms with Crippen LogP contribution in [0.4, 0.5) is 0 Å². The second-order valence-electron chi connectivity index (χ2n) is 5.40. The van der Waals surface area contributed by atoms with Crippen LogP contribution in [-0.4, -0.2) is 74.7 Å². The van der Waals surface area contributed by atoms with Crippen molar-refractivity contribution in [2.24, 2.45) is 0 Å². The van der Waals surface area contributed by atoms with E-state index < -0.39 is 0 Å². The van der Waals surface area contributed by atoms with E-state index in [1.165, 1.54) is 12.8 Å². The minimum Gasteiger partial charge on any atom is -0.383 e. The molecule has 1 heterocycles. The molecule has 18 heavy (non-hydrogen) atoms. The number of methoxy groups -OCH3 is 1. The van der Waals surface area contributed by atoms with Gasteiger partial charge in [-0.2, -0.15) is 0 Å². The molecule has 2 aliphatic rings. The number of amides is 1. The van der Waals surface area contributed by atoms with Crippen LogP contribution in [0.5, 0.6) is 0 Å². The van der Waals surface area contributed by atoms with E-state index in [-0.39, 0.29) is 6.04 Å². The summed E-state index contributed by atoms with van der Waals surface area (Å²) in [6.45, 7) is 4.33. The van der Waals surface area contributed by atoms with Gasteiger partial charge in [0.25, 0.3) is 0 Å². The molecule has 104 valence electrons. The quantitative estimate of drug-likeness (QED) is 0.659. The first kappa shape index (κ1) is 13.8. The second-order valence-corrected chi connectivity index (χ2v) is 5.40. The van der Waals surface area contributed by atoms with Crippen LogP contribution in [0.25, 0.3) is 0 Å². The average molecular weight is 255 g/mol. The SMILES string of the molecule is COCCN(C)CCN1CCC(NC2CC2)C1=O. The highest BCUT2D eigenvalue weighted by Gasteiger charge is 2.35. The summed E-state index contributed by atoms with van der Waals surface area (Å²) in [6, 6.07) is 0.699. The van der Waals surface area contributed by atoms with E-state index in [1.54, 1.807) is 7.11 Å². The Labute approximate surface area is 109 Å². The van der Waals surface area contributed by atoms with Crippen LogP contribution in [0.1, 0.15) is 19.3 Å². The number of nitrogens with zero attached hydrogens (tertiary/aromatic N) is 2. The summed E-state index contributed by atoms with van der Waals surface area (Å²) in [7, 11) is 3.78. The first-order valence-corrected chi connectivity index (χ1v) is 6.93. The highest BCUT2D eigenvalue weighted by Crippen LogP contribution is 2.22. The molecule has 0 aromatic rings. The lowest BCUT2D eigenvalue weighted by molar-refractivity contribution is -0.129. The van der Waals surface area contributed by atoms with Crippen LogP contribution >= 0.6 is 0 Å². The van der Waals surface area contributed by atoms with E-state index in [9.17, 15) is 4.79 Å². The molecule has 1 unspecified atom stereocenters. The lowest BCUT2D eigenvalue weighted by atomic mass is 10.2. The highest BCUT2D eigenvalue weighted by atomic mass is 16.5. The van der Waals surface area contributed by atoms with Gasteiger partial charge in [0.1, 0.15) is 0 Å². The molecule has 0 bridgehead atoms. The molecule has 0 aromatic heterocycles. The van der Waals surface area contributed by atoms with Crippen molar-refractivity contribution >= 4 is 5.91 Å². The molecule has 1 saturated carbocycles. The predicted molar refractivity (Wildman–Crippen MR) is 70.5 cm³/mol. The first-order chi connectivity index (χ1) is 8.70. The Morgan fingerprint density at radius 2 is 2.17 bits per heavy atom. The van der Waals surface area contributed by atoms with E-state index in [2.05, 4.69) is 17.3 Å². The molecule has 0 radical (unpaired) electrons. The maximum absolute atomic E-state index is 12.1. The van der Waals surface area contributed by atoms with Crippen LogP contribution < -0.4 is 5.32 Å². The Balaban J connectivity index is 1.65. The van der Waals surface area contributed by atoms with Gasteiger partial charge >= 0.3 is 0 Å². The number of ether oxygens (including phenoxy) is 1. The van der Waals surface area contributed by atoms with E-state index in [1.807, 2.05) is 4.90 Å². The maximum atomic E-state index is 12.1. The fraction of sp³-hybridized carbons (Fsp3) is 0.923. The highest BCUT2D eigenvalue weighted by molar-refractivity contribution is 5.84. The molecule has 1 amide bonds. The van der Waals surface area contributed by atoms with E-state index >= 15 is 0 Å². The van der Waals surface area contributed by atoms with Gasteiger partial charge in [0.15, 0.2) is 0 Å². The third-order valence-corrected chi connectivity index (χ3v) is 3.74. The van der Waals surface area contributed by atoms with Crippen molar-refractivity contribution in [3.05, 3.63) is 0 Å². The lowest BCUT2D eigenvalue weighted by Crippen LogP contribution is -2.41. The minimum absolute atomic E-state index is 0.0850. The lowest BCUT2D eigenvalue weighted by Gasteiger charge is -2.22. The zero-order chi connectivity index (χ0) is 13.0. The van der Waals surface area contributed by atoms with Crippen LogP contribution in [0.2, 0.25) is 0 Å². The van der Waals surface area contributed by atoms with E-state index in [0.29, 0.717) is 11.9 Å². The van der Waals surface area contributed by atoms with Crippen molar-refractivity contribution in [1.82, 2.24) is 15.1 Å². The summed E-state index contributed by atoms with van der Waals surface area (Å²) in [5.41, 5.74) is 0. The van der Waals surface area contributed by atoms with Crippen LogP contribution in [0.3, 0.4) is 0 Å². The summed E-state index contributed by atoms with van der Waals surface area (Å²) in [5, 5.41) is 3.43. The van der Waals surface area contributed by atoms with Crippen LogP contribution in [0.15, 0.2) is 0 Å². The Hall–Kier alpha value is -0.650. The Kier molecular flexibility index (Phi) is 4.97. The summed E-state index contributed by atoms with van der Waals surface area (Å²) in [5.74, 6) is 0.294. The molecule has 2 rings (SSSR count). The zero-order valence-electron chi connectivity index (χ0n) is 11.5. The van der Waals surface area contributed by atoms with E-state index in [4.69, 9.17) is 4.74 Å². The fourth-order valence-electron chi connectivity index (χ4n) is 2.30. The minimum atomic E-state index is 0.0850. The largest absolute Gasteiger partial charge is 0.383 e. The standard InChI is InChI=1S/C13H25N3O2/c1-15(9-10-18-2)7-8-16-6-5-12(13(16)17)14-11-3-4-11/h11-12,14H,3-10H2,1-2H3. The summed E-state index contributed by atoms with van der Waals surface area (Å²) >= 11 is 0. The number of carbonyl (C=O) groups excluding carboxylic acids is 1. The van der Waals surface area contributed by atoms with Crippen LogP contribution in [-0.2, 0) is 9.53 Å². The second kappa shape index (κ2) is 6.50. The van der Waals surface area contributed by atoms with E-state index in [0.717, 1.165) is 39.2 Å². The monoisotopic (exact) mass is 255 g/mol. The summed E-state index contributed by atoms with van der Waals surface area (Å²) in [6.07, 6.45) is 3.45. The van der Waals surface area contributed by atoms with Crippen molar-refractivity contribution in [2.75, 3.05) is 46.9 Å². The van der Waals surface area contributed by atoms with Gasteiger partial charge in [-0.3, -0.25) is 4.79 Å². The number of hydrogen-bond acceptors (Lipinski definition) is 4. The van der Waals surface area contributed by atoms with Gasteiger partial charge in [0.05, 0.1) is 12.6 Å². The van der Waals surface area contributed by atoms with Gasteiger partial charge in [-0.05, 0) is 26.3 Å². The van der Waals surface area contributed by atoms with Gasteiger partial charge in [-0.1, -0.05) is 0 Å². The molecule has 1 atom stereocenters. The Morgan fingerprint density at radius 1 is 1.39 bits per heavy atom. The Morgan fingerprint density at radius 3 is 2.83 bits per heavy atom. The fourth-order valence-corrected chi connectivity index (χ4v) is 2.30. The first-order valence-electron chi connectivity index (χ1n) is 6.93. The van der Waals surface area contributed by atoms with Crippen molar-refractivity contribution < 1.29 is 9.53 Å². The molecule has 1 aliphatic heterocycles. The van der Waals surface area contributed by atoms with Gasteiger partial charge < -0.3 is 19.9 Å². The number of likely N-dealkylation sites (tertiary alicyclic amines) is 1. The summed E-state index contributed by atoms with van der Waals surface area (Å²) < 4.78 is 5.04. The molecule has 1 N–H and O–H groups in total. The predicted octanol–water partition coefficient (Wildman–Crippen LogP) is -0.0825. The number of hydrogen-bond donors (Lipinski definition) is 1. The smallest absolute Gasteiger partial charge is 0.239 e. The van der Waals surface area contributed by atoms with Crippen molar-refractivity contribution in [2.45, 2.75) is 31.3 Å². The van der Waals surface area contributed by atoms with Crippen LogP contribution in [0, 0.1) is 0 Å². The third-order valence-electron chi connectivity index (χ3n) is 3.74. The molecule has 2 fully saturated rings. The molecular weight excluding hydrogens is 230 g/mol. The molecule has 5 nitrogen and oxygen atoms in total. The average Bonchev–Trinajstić information content (AvgIpc) is 3.11. The molecule has 5 heteroatoms. The topological polar surface area (TPSA) is 44.8 Å². The molecular formula is C13H25N3O2. The number of carbonyl (C=O) groups is 1. The molecule has 1 aliphatic carbocycles. The third kappa shape index (κ3) is 3.93. The normalized spacial score (nSPS) is 24.3. The Bertz CT molecular complexity index is 281. The zero-order valence-corrected chi connectivity index (χ0v) is 11.5. The number of likely N-dealkylation sites (N-methyl/N-ethyl adjacent to an activating group) is 1. The van der Waals surface area contributed by atoms with Crippen molar-refractivity contribution in [3.8, 4) is 0 Å². The number of rotatable bonds is 8. The van der Waals surface area contributed by atoms with Gasteiger partial charge in [-0.25, -0.2) is 0 Å². The van der Waals surface area contributed by atoms with Gasteiger partial charge in [0, 0.05) is 39.3 Å². The molecule has 0 spiro atoms. The van der Waals surface area contributed by atoms with Gasteiger partial charge in [-0.15, -0.1) is 0 Å². The van der Waals surface area contributed by atoms with Crippen molar-refractivity contribution in [1.29, 1.82) is 0 Å². The molecule has 1 saturated heterocycles. The summed E-state index contributed by atoms with van der Waals surface area (Å²) in [4.78, 5) is 16.3. The molecule has 0 aromatic carbocycles. The number of nitrogens with one attached hydrogen (secondary N) is 1.